The van der Waals surface area contributed by atoms with E-state index in [0.717, 1.165) is 22.4 Å². The molecule has 1 unspecified atom stereocenters. The van der Waals surface area contributed by atoms with E-state index in [1.807, 2.05) is 49.5 Å². The number of nitrogens with zero attached hydrogens (tertiary/aromatic N) is 1. The predicted molar refractivity (Wildman–Crippen MR) is 141 cm³/mol. The maximum atomic E-state index is 12.6. The molecule has 0 saturated carbocycles. The van der Waals surface area contributed by atoms with E-state index in [1.54, 1.807) is 0 Å². The summed E-state index contributed by atoms with van der Waals surface area (Å²) in [6.45, 7) is 2.04. The second kappa shape index (κ2) is 7.91. The van der Waals surface area contributed by atoms with Crippen LogP contribution in [0.2, 0.25) is 0 Å². The first kappa shape index (κ1) is 20.8. The third-order valence-electron chi connectivity index (χ3n) is 7.16. The Morgan fingerprint density at radius 3 is 1.76 bits per heavy atom. The SMILES string of the molecule is Cc1cc2c(cn1)C(O)(c1ccccc1)c1ccccc1[Si]2(c1ccccc1)c1ccccc1. The zero-order valence-corrected chi connectivity index (χ0v) is 20.0. The summed E-state index contributed by atoms with van der Waals surface area (Å²) in [4.78, 5) is 4.70. The summed E-state index contributed by atoms with van der Waals surface area (Å²) in [6, 6.07) is 42.3. The molecule has 0 spiro atoms. The summed E-state index contributed by atoms with van der Waals surface area (Å²) in [5.41, 5.74) is 2.35. The van der Waals surface area contributed by atoms with Gasteiger partial charge in [0.2, 0.25) is 0 Å². The van der Waals surface area contributed by atoms with Gasteiger partial charge in [-0.05, 0) is 44.9 Å². The van der Waals surface area contributed by atoms with Crippen molar-refractivity contribution >= 4 is 28.8 Å². The van der Waals surface area contributed by atoms with Crippen LogP contribution in [0.3, 0.4) is 0 Å². The highest BCUT2D eigenvalue weighted by molar-refractivity contribution is 7.20. The first-order valence-corrected chi connectivity index (χ1v) is 13.6. The highest BCUT2D eigenvalue weighted by atomic mass is 28.3. The molecule has 2 nitrogen and oxygen atoms in total. The van der Waals surface area contributed by atoms with Crippen molar-refractivity contribution < 1.29 is 5.11 Å². The van der Waals surface area contributed by atoms with Gasteiger partial charge in [0, 0.05) is 17.5 Å². The summed E-state index contributed by atoms with van der Waals surface area (Å²) < 4.78 is 0. The van der Waals surface area contributed by atoms with Crippen molar-refractivity contribution in [2.45, 2.75) is 12.5 Å². The maximum Gasteiger partial charge on any atom is 0.180 e. The number of fused-ring (bicyclic) bond motifs is 2. The monoisotopic (exact) mass is 455 g/mol. The molecule has 0 fully saturated rings. The van der Waals surface area contributed by atoms with Crippen LogP contribution in [0.25, 0.3) is 0 Å². The van der Waals surface area contributed by atoms with Gasteiger partial charge in [-0.25, -0.2) is 0 Å². The van der Waals surface area contributed by atoms with Crippen molar-refractivity contribution in [3.8, 4) is 0 Å². The Kier molecular flexibility index (Phi) is 4.84. The lowest BCUT2D eigenvalue weighted by atomic mass is 9.80. The van der Waals surface area contributed by atoms with Crippen molar-refractivity contribution in [3.63, 3.8) is 0 Å². The minimum atomic E-state index is -2.73. The lowest BCUT2D eigenvalue weighted by Crippen LogP contribution is -2.79. The van der Waals surface area contributed by atoms with Crippen LogP contribution in [0, 0.1) is 6.92 Å². The highest BCUT2D eigenvalue weighted by Crippen LogP contribution is 2.39. The third kappa shape index (κ3) is 2.81. The van der Waals surface area contributed by atoms with Gasteiger partial charge in [-0.3, -0.25) is 4.98 Å². The first-order valence-electron chi connectivity index (χ1n) is 11.6. The van der Waals surface area contributed by atoms with Gasteiger partial charge < -0.3 is 5.11 Å². The molecule has 0 saturated heterocycles. The Morgan fingerprint density at radius 1 is 0.618 bits per heavy atom. The Morgan fingerprint density at radius 2 is 1.15 bits per heavy atom. The average molecular weight is 456 g/mol. The molecule has 0 aliphatic carbocycles. The van der Waals surface area contributed by atoms with Crippen LogP contribution in [0.1, 0.15) is 22.4 Å². The maximum absolute atomic E-state index is 12.6. The summed E-state index contributed by atoms with van der Waals surface area (Å²) in [7, 11) is -2.73. The third-order valence-corrected chi connectivity index (χ3v) is 12.0. The number of rotatable bonds is 3. The zero-order chi connectivity index (χ0) is 23.2. The van der Waals surface area contributed by atoms with E-state index in [1.165, 1.54) is 20.7 Å². The molecule has 6 rings (SSSR count). The Bertz CT molecular complexity index is 1430. The topological polar surface area (TPSA) is 33.1 Å². The lowest BCUT2D eigenvalue weighted by molar-refractivity contribution is 0.126. The average Bonchev–Trinajstić information content (AvgIpc) is 2.91. The highest BCUT2D eigenvalue weighted by Gasteiger charge is 2.54. The molecular weight excluding hydrogens is 430 g/mol. The van der Waals surface area contributed by atoms with Gasteiger partial charge in [0.05, 0.1) is 0 Å². The number of benzene rings is 4. The first-order chi connectivity index (χ1) is 16.7. The minimum absolute atomic E-state index is 0.859. The molecule has 164 valence electrons. The van der Waals surface area contributed by atoms with Crippen LogP contribution >= 0.6 is 0 Å². The van der Waals surface area contributed by atoms with Crippen LogP contribution in [0.15, 0.2) is 128 Å². The molecule has 0 amide bonds. The fraction of sp³-hybridized carbons (Fsp3) is 0.0645. The van der Waals surface area contributed by atoms with E-state index in [4.69, 9.17) is 4.98 Å². The molecule has 5 aromatic rings. The summed E-state index contributed by atoms with van der Waals surface area (Å²) in [6.07, 6.45) is 1.90. The van der Waals surface area contributed by atoms with E-state index >= 15 is 0 Å². The molecule has 1 N–H and O–H groups in total. The molecule has 1 aliphatic heterocycles. The van der Waals surface area contributed by atoms with Crippen molar-refractivity contribution in [2.24, 2.45) is 0 Å². The summed E-state index contributed by atoms with van der Waals surface area (Å²) >= 11 is 0. The van der Waals surface area contributed by atoms with Gasteiger partial charge in [0.15, 0.2) is 8.07 Å². The predicted octanol–water partition coefficient (Wildman–Crippen LogP) is 3.37. The number of pyridine rings is 1. The molecule has 4 aromatic carbocycles. The summed E-state index contributed by atoms with van der Waals surface area (Å²) in [5, 5.41) is 17.7. The van der Waals surface area contributed by atoms with Crippen LogP contribution in [-0.2, 0) is 5.60 Å². The number of aromatic nitrogens is 1. The van der Waals surface area contributed by atoms with Gasteiger partial charge in [-0.2, -0.15) is 0 Å². The van der Waals surface area contributed by atoms with E-state index in [-0.39, 0.29) is 0 Å². The fourth-order valence-electron chi connectivity index (χ4n) is 5.73. The van der Waals surface area contributed by atoms with Crippen LogP contribution in [-0.4, -0.2) is 18.2 Å². The Hall–Kier alpha value is -3.79. The van der Waals surface area contributed by atoms with E-state index in [0.29, 0.717) is 0 Å². The largest absolute Gasteiger partial charge is 0.376 e. The molecular formula is C31H25NOSi. The van der Waals surface area contributed by atoms with Gasteiger partial charge in [0.1, 0.15) is 5.60 Å². The number of hydrogen-bond donors (Lipinski definition) is 1. The van der Waals surface area contributed by atoms with Crippen molar-refractivity contribution in [3.05, 3.63) is 150 Å². The normalized spacial score (nSPS) is 18.1. The van der Waals surface area contributed by atoms with E-state index in [9.17, 15) is 5.11 Å². The molecule has 2 heterocycles. The zero-order valence-electron chi connectivity index (χ0n) is 19.0. The number of hydrogen-bond acceptors (Lipinski definition) is 2. The lowest BCUT2D eigenvalue weighted by Gasteiger charge is -2.46. The van der Waals surface area contributed by atoms with Crippen molar-refractivity contribution in [1.82, 2.24) is 4.98 Å². The molecule has 1 aromatic heterocycles. The quantitative estimate of drug-likeness (QED) is 0.423. The summed E-state index contributed by atoms with van der Waals surface area (Å²) in [5.74, 6) is 0. The Labute approximate surface area is 201 Å². The molecule has 0 radical (unpaired) electrons. The molecule has 1 atom stereocenters. The second-order valence-electron chi connectivity index (χ2n) is 8.98. The van der Waals surface area contributed by atoms with Gasteiger partial charge >= 0.3 is 0 Å². The molecule has 3 heteroatoms. The molecule has 0 bridgehead atoms. The van der Waals surface area contributed by atoms with Crippen molar-refractivity contribution in [2.75, 3.05) is 0 Å². The van der Waals surface area contributed by atoms with E-state index in [2.05, 4.69) is 84.9 Å². The van der Waals surface area contributed by atoms with Crippen LogP contribution in [0.5, 0.6) is 0 Å². The van der Waals surface area contributed by atoms with Gasteiger partial charge in [-0.15, -0.1) is 0 Å². The fourth-order valence-corrected chi connectivity index (χ4v) is 11.1. The molecule has 34 heavy (non-hydrogen) atoms. The number of aliphatic hydroxyl groups is 1. The number of aryl methyl sites for hydroxylation is 1. The van der Waals surface area contributed by atoms with Gasteiger partial charge in [0.25, 0.3) is 0 Å². The van der Waals surface area contributed by atoms with Crippen LogP contribution < -0.4 is 20.7 Å². The Balaban J connectivity index is 1.84. The smallest absolute Gasteiger partial charge is 0.180 e. The van der Waals surface area contributed by atoms with Crippen molar-refractivity contribution in [1.29, 1.82) is 0 Å². The van der Waals surface area contributed by atoms with Crippen LogP contribution in [0.4, 0.5) is 0 Å². The standard InChI is InChI=1S/C31H25NOSi/c1-23-21-30-28(22-32-23)31(33,24-13-5-2-6-14-24)27-19-11-12-20-29(27)34(30,25-15-7-3-8-16-25)26-17-9-4-10-18-26/h2-22,33H,1H3. The second-order valence-corrected chi connectivity index (χ2v) is 12.7. The van der Waals surface area contributed by atoms with Gasteiger partial charge in [-0.1, -0.05) is 115 Å². The minimum Gasteiger partial charge on any atom is -0.376 e. The van der Waals surface area contributed by atoms with E-state index < -0.39 is 13.7 Å². The molecule has 1 aliphatic rings.